The second kappa shape index (κ2) is 12.7. The highest BCUT2D eigenvalue weighted by atomic mass is 28.4. The third-order valence-corrected chi connectivity index (χ3v) is 16.4. The fraction of sp³-hybridized carbons (Fsp3) is 1.00. The molecular formula is C20H47NO3Si2. The monoisotopic (exact) mass is 405 g/mol. The molecule has 0 radical (unpaired) electrons. The molecule has 0 aromatic rings. The van der Waals surface area contributed by atoms with Crippen LogP contribution in [0.3, 0.4) is 0 Å². The van der Waals surface area contributed by atoms with E-state index in [0.29, 0.717) is 31.7 Å². The molecule has 0 aromatic heterocycles. The van der Waals surface area contributed by atoms with Gasteiger partial charge in [-0.25, -0.2) is 0 Å². The first-order valence-electron chi connectivity index (χ1n) is 10.8. The van der Waals surface area contributed by atoms with Gasteiger partial charge in [0.05, 0.1) is 14.2 Å². The Labute approximate surface area is 166 Å². The zero-order valence-corrected chi connectivity index (χ0v) is 21.3. The lowest BCUT2D eigenvalue weighted by Gasteiger charge is -2.50. The van der Waals surface area contributed by atoms with Crippen LogP contribution in [0.25, 0.3) is 0 Å². The lowest BCUT2D eigenvalue weighted by molar-refractivity contribution is 0.0696. The second-order valence-corrected chi connectivity index (χ2v) is 16.9. The van der Waals surface area contributed by atoms with Crippen LogP contribution >= 0.6 is 0 Å². The van der Waals surface area contributed by atoms with E-state index < -0.39 is 16.9 Å². The first-order chi connectivity index (χ1) is 12.2. The molecule has 0 bridgehead atoms. The van der Waals surface area contributed by atoms with Crippen LogP contribution in [0.4, 0.5) is 0 Å². The third-order valence-electron chi connectivity index (χ3n) is 5.84. The Balaban J connectivity index is 5.70. The van der Waals surface area contributed by atoms with E-state index in [1.54, 1.807) is 0 Å². The van der Waals surface area contributed by atoms with Crippen molar-refractivity contribution >= 4 is 16.9 Å². The quantitative estimate of drug-likeness (QED) is 0.363. The summed E-state index contributed by atoms with van der Waals surface area (Å²) in [6.07, 6.45) is 3.13. The molecule has 6 heteroatoms. The molecule has 26 heavy (non-hydrogen) atoms. The minimum Gasteiger partial charge on any atom is -0.373 e. The summed E-state index contributed by atoms with van der Waals surface area (Å²) >= 11 is 0. The predicted octanol–water partition coefficient (Wildman–Crippen LogP) is 5.55. The molecule has 0 aliphatic carbocycles. The van der Waals surface area contributed by atoms with E-state index in [4.69, 9.17) is 13.3 Å². The summed E-state index contributed by atoms with van der Waals surface area (Å²) in [5.74, 6) is 0. The van der Waals surface area contributed by atoms with Crippen molar-refractivity contribution in [3.05, 3.63) is 0 Å². The molecular weight excluding hydrogens is 358 g/mol. The molecule has 0 aliphatic heterocycles. The van der Waals surface area contributed by atoms with Crippen molar-refractivity contribution in [3.63, 3.8) is 0 Å². The Morgan fingerprint density at radius 1 is 0.692 bits per heavy atom. The molecule has 1 unspecified atom stereocenters. The lowest BCUT2D eigenvalue weighted by atomic mass is 10.3. The largest absolute Gasteiger partial charge is 0.515 e. The van der Waals surface area contributed by atoms with Gasteiger partial charge in [0.1, 0.15) is 0 Å². The smallest absolute Gasteiger partial charge is 0.373 e. The van der Waals surface area contributed by atoms with Gasteiger partial charge < -0.3 is 18.6 Å². The minimum absolute atomic E-state index is 0.556. The van der Waals surface area contributed by atoms with E-state index in [1.165, 1.54) is 12.8 Å². The van der Waals surface area contributed by atoms with Gasteiger partial charge in [-0.05, 0) is 43.8 Å². The lowest BCUT2D eigenvalue weighted by Crippen LogP contribution is -2.65. The number of nitrogens with one attached hydrogen (secondary N) is 1. The van der Waals surface area contributed by atoms with E-state index in [2.05, 4.69) is 53.8 Å². The number of hydrogen-bond acceptors (Lipinski definition) is 4. The van der Waals surface area contributed by atoms with E-state index in [0.717, 1.165) is 16.6 Å². The average Bonchev–Trinajstić information content (AvgIpc) is 2.53. The van der Waals surface area contributed by atoms with E-state index in [-0.39, 0.29) is 0 Å². The number of rotatable bonds is 15. The molecule has 158 valence electrons. The molecule has 0 rings (SSSR count). The van der Waals surface area contributed by atoms with Crippen LogP contribution in [-0.4, -0.2) is 48.5 Å². The van der Waals surface area contributed by atoms with Crippen molar-refractivity contribution in [3.8, 4) is 0 Å². The van der Waals surface area contributed by atoms with Crippen LogP contribution in [0.5, 0.6) is 0 Å². The summed E-state index contributed by atoms with van der Waals surface area (Å²) in [5, 5.41) is 3.95. The van der Waals surface area contributed by atoms with Crippen LogP contribution in [0.1, 0.15) is 82.1 Å². The molecule has 0 heterocycles. The normalized spacial score (nSPS) is 14.7. The van der Waals surface area contributed by atoms with Crippen LogP contribution in [-0.2, 0) is 13.3 Å². The Morgan fingerprint density at radius 3 is 1.35 bits per heavy atom. The van der Waals surface area contributed by atoms with Gasteiger partial charge in [-0.15, -0.1) is 0 Å². The summed E-state index contributed by atoms with van der Waals surface area (Å²) in [6.45, 7) is 24.9. The zero-order valence-electron chi connectivity index (χ0n) is 19.3. The molecule has 1 atom stereocenters. The second-order valence-electron chi connectivity index (χ2n) is 8.17. The predicted molar refractivity (Wildman–Crippen MR) is 118 cm³/mol. The van der Waals surface area contributed by atoms with Crippen LogP contribution in [0.15, 0.2) is 0 Å². The first kappa shape index (κ1) is 26.3. The van der Waals surface area contributed by atoms with E-state index in [1.807, 2.05) is 20.8 Å². The molecule has 0 saturated heterocycles. The highest BCUT2D eigenvalue weighted by Gasteiger charge is 2.50. The van der Waals surface area contributed by atoms with Gasteiger partial charge in [-0.3, -0.25) is 0 Å². The third kappa shape index (κ3) is 6.41. The van der Waals surface area contributed by atoms with Crippen molar-refractivity contribution in [2.75, 3.05) is 26.0 Å². The average molecular weight is 406 g/mol. The summed E-state index contributed by atoms with van der Waals surface area (Å²) in [6, 6.07) is 0. The molecule has 0 aromatic carbocycles. The Bertz CT molecular complexity index is 326. The highest BCUT2D eigenvalue weighted by Crippen LogP contribution is 2.45. The van der Waals surface area contributed by atoms with Gasteiger partial charge in [0.15, 0.2) is 0 Å². The zero-order chi connectivity index (χ0) is 20.4. The summed E-state index contributed by atoms with van der Waals surface area (Å²) < 4.78 is 18.2. The van der Waals surface area contributed by atoms with Crippen molar-refractivity contribution < 1.29 is 13.3 Å². The maximum Gasteiger partial charge on any atom is 0.515 e. The number of hydrogen-bond donors (Lipinski definition) is 1. The van der Waals surface area contributed by atoms with Gasteiger partial charge in [-0.2, -0.15) is 0 Å². The van der Waals surface area contributed by atoms with Gasteiger partial charge in [0.2, 0.25) is 0 Å². The fourth-order valence-corrected chi connectivity index (χ4v) is 15.4. The Hall–Kier alpha value is 0.274. The summed E-state index contributed by atoms with van der Waals surface area (Å²) in [5.41, 5.74) is 2.75. The fourth-order valence-electron chi connectivity index (χ4n) is 5.21. The first-order valence-corrected chi connectivity index (χ1v) is 15.1. The molecule has 0 saturated carbocycles. The van der Waals surface area contributed by atoms with E-state index >= 15 is 0 Å². The standard InChI is InChI=1S/C20H47NO3Si2/c1-11-15-20(26(17(5)6,18(7)8)19(9)10)21-16-25(22-12-2,23-13-3)24-14-4/h17-21H,11-16H2,1-10H3. The molecule has 4 nitrogen and oxygen atoms in total. The van der Waals surface area contributed by atoms with Gasteiger partial charge in [-0.1, -0.05) is 54.9 Å². The van der Waals surface area contributed by atoms with Crippen LogP contribution in [0.2, 0.25) is 16.6 Å². The summed E-state index contributed by atoms with van der Waals surface area (Å²) in [7, 11) is -4.26. The van der Waals surface area contributed by atoms with Gasteiger partial charge in [0, 0.05) is 25.5 Å². The van der Waals surface area contributed by atoms with Crippen LogP contribution < -0.4 is 5.32 Å². The molecule has 1 N–H and O–H groups in total. The Kier molecular flexibility index (Phi) is 12.8. The maximum absolute atomic E-state index is 6.08. The topological polar surface area (TPSA) is 39.7 Å². The summed E-state index contributed by atoms with van der Waals surface area (Å²) in [4.78, 5) is 0. The van der Waals surface area contributed by atoms with Gasteiger partial charge in [0.25, 0.3) is 0 Å². The molecule has 0 aliphatic rings. The Morgan fingerprint density at radius 2 is 1.08 bits per heavy atom. The van der Waals surface area contributed by atoms with Crippen molar-refractivity contribution in [2.24, 2.45) is 0 Å². The van der Waals surface area contributed by atoms with Crippen molar-refractivity contribution in [1.29, 1.82) is 0 Å². The molecule has 0 amide bonds. The molecule has 0 spiro atoms. The van der Waals surface area contributed by atoms with E-state index in [9.17, 15) is 0 Å². The minimum atomic E-state index is -2.66. The van der Waals surface area contributed by atoms with Crippen molar-refractivity contribution in [1.82, 2.24) is 5.32 Å². The van der Waals surface area contributed by atoms with Gasteiger partial charge >= 0.3 is 8.80 Å². The molecule has 0 fully saturated rings. The van der Waals surface area contributed by atoms with Crippen molar-refractivity contribution in [2.45, 2.75) is 104 Å². The SMILES string of the molecule is CCCC(NC[Si](OCC)(OCC)OCC)[Si](C(C)C)(C(C)C)C(C)C. The highest BCUT2D eigenvalue weighted by molar-refractivity contribution is 6.85. The maximum atomic E-state index is 6.08. The van der Waals surface area contributed by atoms with Crippen LogP contribution in [0, 0.1) is 0 Å².